The molecule has 1 atom stereocenters. The third-order valence-corrected chi connectivity index (χ3v) is 4.46. The van der Waals surface area contributed by atoms with Gasteiger partial charge >= 0.3 is 0 Å². The molecule has 0 aliphatic carbocycles. The first-order valence-electron chi connectivity index (χ1n) is 6.80. The van der Waals surface area contributed by atoms with Gasteiger partial charge in [-0.2, -0.15) is 0 Å². The minimum absolute atomic E-state index is 0.282. The van der Waals surface area contributed by atoms with E-state index in [1.165, 1.54) is 11.3 Å². The Bertz CT molecular complexity index is 866. The summed E-state index contributed by atoms with van der Waals surface area (Å²) in [4.78, 5) is 16.6. The molecule has 1 amide bonds. The molecule has 23 heavy (non-hydrogen) atoms. The minimum atomic E-state index is -0.677. The second kappa shape index (κ2) is 6.74. The van der Waals surface area contributed by atoms with Crippen molar-refractivity contribution in [2.24, 2.45) is 0 Å². The highest BCUT2D eigenvalue weighted by molar-refractivity contribution is 7.22. The maximum Gasteiger partial charge on any atom is 0.266 e. The van der Waals surface area contributed by atoms with Gasteiger partial charge in [0.15, 0.2) is 11.2 Å². The Labute approximate surface area is 147 Å². The van der Waals surface area contributed by atoms with Crippen LogP contribution in [0.15, 0.2) is 42.5 Å². The number of halogens is 2. The van der Waals surface area contributed by atoms with E-state index in [1.54, 1.807) is 37.3 Å². The molecule has 0 bridgehead atoms. The first-order chi connectivity index (χ1) is 11.0. The number of hydrogen-bond donors (Lipinski definition) is 1. The van der Waals surface area contributed by atoms with Crippen LogP contribution >= 0.6 is 34.5 Å². The third-order valence-electron chi connectivity index (χ3n) is 3.06. The molecule has 1 N–H and O–H groups in total. The van der Waals surface area contributed by atoms with Crippen LogP contribution < -0.4 is 10.1 Å². The fourth-order valence-corrected chi connectivity index (χ4v) is 3.28. The van der Waals surface area contributed by atoms with Crippen molar-refractivity contribution in [2.75, 3.05) is 5.32 Å². The number of amides is 1. The lowest BCUT2D eigenvalue weighted by molar-refractivity contribution is -0.122. The minimum Gasteiger partial charge on any atom is -0.481 e. The lowest BCUT2D eigenvalue weighted by Crippen LogP contribution is -2.30. The number of anilines is 1. The second-order valence-corrected chi connectivity index (χ2v) is 6.74. The van der Waals surface area contributed by atoms with Crippen molar-refractivity contribution < 1.29 is 9.53 Å². The van der Waals surface area contributed by atoms with Crippen molar-refractivity contribution in [1.29, 1.82) is 0 Å². The molecule has 0 aliphatic heterocycles. The highest BCUT2D eigenvalue weighted by atomic mass is 35.5. The molecule has 3 aromatic rings. The van der Waals surface area contributed by atoms with Gasteiger partial charge in [0, 0.05) is 10.0 Å². The number of rotatable bonds is 4. The smallest absolute Gasteiger partial charge is 0.266 e. The van der Waals surface area contributed by atoms with Crippen LogP contribution in [-0.2, 0) is 4.79 Å². The molecule has 1 unspecified atom stereocenters. The van der Waals surface area contributed by atoms with E-state index in [0.717, 1.165) is 10.2 Å². The highest BCUT2D eigenvalue weighted by Gasteiger charge is 2.17. The van der Waals surface area contributed by atoms with E-state index in [4.69, 9.17) is 27.9 Å². The standard InChI is InChI=1S/C16H12Cl2N2O2S/c1-9(22-12-4-2-3-10(17)7-12)15(21)20-16-19-13-6-5-11(18)8-14(13)23-16/h2-9H,1H3,(H,19,20,21). The first-order valence-corrected chi connectivity index (χ1v) is 8.38. The van der Waals surface area contributed by atoms with Gasteiger partial charge in [-0.1, -0.05) is 40.6 Å². The molecule has 1 heterocycles. The topological polar surface area (TPSA) is 51.2 Å². The molecule has 0 radical (unpaired) electrons. The second-order valence-electron chi connectivity index (χ2n) is 4.84. The zero-order chi connectivity index (χ0) is 16.4. The number of carbonyl (C=O) groups is 1. The van der Waals surface area contributed by atoms with Crippen LogP contribution in [-0.4, -0.2) is 17.0 Å². The summed E-state index contributed by atoms with van der Waals surface area (Å²) in [6.07, 6.45) is -0.677. The van der Waals surface area contributed by atoms with E-state index < -0.39 is 6.10 Å². The van der Waals surface area contributed by atoms with Crippen LogP contribution in [0.2, 0.25) is 10.0 Å². The predicted octanol–water partition coefficient (Wildman–Crippen LogP) is 5.01. The number of thiazole rings is 1. The zero-order valence-corrected chi connectivity index (χ0v) is 14.4. The SMILES string of the molecule is CC(Oc1cccc(Cl)c1)C(=O)Nc1nc2ccc(Cl)cc2s1. The molecular formula is C16H12Cl2N2O2S. The predicted molar refractivity (Wildman–Crippen MR) is 94.8 cm³/mol. The summed E-state index contributed by atoms with van der Waals surface area (Å²) in [5, 5.41) is 4.45. The Morgan fingerprint density at radius 2 is 2.00 bits per heavy atom. The lowest BCUT2D eigenvalue weighted by atomic mass is 10.3. The van der Waals surface area contributed by atoms with E-state index in [2.05, 4.69) is 10.3 Å². The fourth-order valence-electron chi connectivity index (χ4n) is 1.96. The maximum atomic E-state index is 12.2. The van der Waals surface area contributed by atoms with Gasteiger partial charge in [-0.15, -0.1) is 0 Å². The van der Waals surface area contributed by atoms with Crippen LogP contribution in [0.3, 0.4) is 0 Å². The van der Waals surface area contributed by atoms with E-state index in [1.807, 2.05) is 12.1 Å². The fraction of sp³-hybridized carbons (Fsp3) is 0.125. The Kier molecular flexibility index (Phi) is 4.71. The molecule has 0 spiro atoms. The number of nitrogens with zero attached hydrogens (tertiary/aromatic N) is 1. The van der Waals surface area contributed by atoms with Gasteiger partial charge < -0.3 is 4.74 Å². The monoisotopic (exact) mass is 366 g/mol. The van der Waals surface area contributed by atoms with Crippen molar-refractivity contribution in [3.05, 3.63) is 52.5 Å². The molecule has 0 saturated heterocycles. The Morgan fingerprint density at radius 1 is 1.22 bits per heavy atom. The van der Waals surface area contributed by atoms with Gasteiger partial charge in [0.05, 0.1) is 10.2 Å². The summed E-state index contributed by atoms with van der Waals surface area (Å²) in [5.74, 6) is 0.256. The first kappa shape index (κ1) is 16.1. The van der Waals surface area contributed by atoms with E-state index in [0.29, 0.717) is 20.9 Å². The van der Waals surface area contributed by atoms with Gasteiger partial charge in [-0.25, -0.2) is 4.98 Å². The average molecular weight is 367 g/mol. The number of hydrogen-bond acceptors (Lipinski definition) is 4. The van der Waals surface area contributed by atoms with E-state index in [9.17, 15) is 4.79 Å². The number of carbonyl (C=O) groups excluding carboxylic acids is 1. The van der Waals surface area contributed by atoms with Crippen LogP contribution in [0.1, 0.15) is 6.92 Å². The summed E-state index contributed by atoms with van der Waals surface area (Å²) in [6.45, 7) is 1.67. The normalized spacial score (nSPS) is 12.1. The molecule has 2 aromatic carbocycles. The average Bonchev–Trinajstić information content (AvgIpc) is 2.88. The quantitative estimate of drug-likeness (QED) is 0.705. The summed E-state index contributed by atoms with van der Waals surface area (Å²) < 4.78 is 6.49. The summed E-state index contributed by atoms with van der Waals surface area (Å²) in [6, 6.07) is 12.3. The highest BCUT2D eigenvalue weighted by Crippen LogP contribution is 2.28. The number of aromatic nitrogens is 1. The van der Waals surface area contributed by atoms with Gasteiger partial charge in [-0.05, 0) is 43.3 Å². The van der Waals surface area contributed by atoms with Crippen LogP contribution in [0.5, 0.6) is 5.75 Å². The van der Waals surface area contributed by atoms with Crippen molar-refractivity contribution >= 4 is 55.8 Å². The molecule has 1 aromatic heterocycles. The molecule has 0 aliphatic rings. The van der Waals surface area contributed by atoms with E-state index >= 15 is 0 Å². The largest absolute Gasteiger partial charge is 0.481 e. The van der Waals surface area contributed by atoms with Crippen molar-refractivity contribution in [1.82, 2.24) is 4.98 Å². The molecular weight excluding hydrogens is 355 g/mol. The number of nitrogens with one attached hydrogen (secondary N) is 1. The maximum absolute atomic E-state index is 12.2. The van der Waals surface area contributed by atoms with Crippen LogP contribution in [0, 0.1) is 0 Å². The Hall–Kier alpha value is -1.82. The molecule has 0 saturated carbocycles. The Balaban J connectivity index is 1.69. The van der Waals surface area contributed by atoms with Gasteiger partial charge in [0.25, 0.3) is 5.91 Å². The van der Waals surface area contributed by atoms with Crippen LogP contribution in [0.4, 0.5) is 5.13 Å². The van der Waals surface area contributed by atoms with Gasteiger partial charge in [0.2, 0.25) is 0 Å². The molecule has 0 fully saturated rings. The van der Waals surface area contributed by atoms with Gasteiger partial charge in [0.1, 0.15) is 5.75 Å². The van der Waals surface area contributed by atoms with Crippen molar-refractivity contribution in [3.63, 3.8) is 0 Å². The van der Waals surface area contributed by atoms with Crippen molar-refractivity contribution in [2.45, 2.75) is 13.0 Å². The van der Waals surface area contributed by atoms with E-state index in [-0.39, 0.29) is 5.91 Å². The van der Waals surface area contributed by atoms with Crippen molar-refractivity contribution in [3.8, 4) is 5.75 Å². The summed E-state index contributed by atoms with van der Waals surface area (Å²) in [5.41, 5.74) is 0.790. The Morgan fingerprint density at radius 3 is 2.78 bits per heavy atom. The third kappa shape index (κ3) is 3.93. The molecule has 3 rings (SSSR count). The lowest BCUT2D eigenvalue weighted by Gasteiger charge is -2.13. The molecule has 118 valence electrons. The summed E-state index contributed by atoms with van der Waals surface area (Å²) >= 11 is 13.2. The molecule has 7 heteroatoms. The summed E-state index contributed by atoms with van der Waals surface area (Å²) in [7, 11) is 0. The number of benzene rings is 2. The zero-order valence-electron chi connectivity index (χ0n) is 12.0. The van der Waals surface area contributed by atoms with Gasteiger partial charge in [-0.3, -0.25) is 10.1 Å². The number of fused-ring (bicyclic) bond motifs is 1. The molecule has 4 nitrogen and oxygen atoms in total. The van der Waals surface area contributed by atoms with Crippen LogP contribution in [0.25, 0.3) is 10.2 Å². The number of ether oxygens (including phenoxy) is 1.